The summed E-state index contributed by atoms with van der Waals surface area (Å²) in [5.74, 6) is -0.389. The van der Waals surface area contributed by atoms with Gasteiger partial charge in [0, 0.05) is 6.07 Å². The third-order valence-corrected chi connectivity index (χ3v) is 1.79. The average Bonchev–Trinajstić information content (AvgIpc) is 2.19. The predicted molar refractivity (Wildman–Crippen MR) is 60.0 cm³/mol. The SMILES string of the molecule is CC(C)OC(=O)Nc1c(O)cccc1[N+](=O)[O-]. The minimum Gasteiger partial charge on any atom is -0.505 e. The Kier molecular flexibility index (Phi) is 3.86. The zero-order valence-electron chi connectivity index (χ0n) is 9.34. The molecule has 17 heavy (non-hydrogen) atoms. The van der Waals surface area contributed by atoms with E-state index in [1.165, 1.54) is 18.2 Å². The zero-order valence-corrected chi connectivity index (χ0v) is 9.34. The Morgan fingerprint density at radius 2 is 2.18 bits per heavy atom. The lowest BCUT2D eigenvalue weighted by Gasteiger charge is -2.10. The van der Waals surface area contributed by atoms with Gasteiger partial charge in [0.25, 0.3) is 5.69 Å². The summed E-state index contributed by atoms with van der Waals surface area (Å²) in [5.41, 5.74) is -0.672. The number of carbonyl (C=O) groups excluding carboxylic acids is 1. The first-order valence-electron chi connectivity index (χ1n) is 4.86. The molecule has 92 valence electrons. The van der Waals surface area contributed by atoms with E-state index in [-0.39, 0.29) is 17.5 Å². The number of nitrogens with zero attached hydrogens (tertiary/aromatic N) is 1. The van der Waals surface area contributed by atoms with Crippen molar-refractivity contribution in [3.63, 3.8) is 0 Å². The summed E-state index contributed by atoms with van der Waals surface area (Å²) in [6.45, 7) is 3.28. The molecule has 1 aromatic rings. The first-order valence-corrected chi connectivity index (χ1v) is 4.86. The number of carbonyl (C=O) groups is 1. The summed E-state index contributed by atoms with van der Waals surface area (Å²) < 4.78 is 4.76. The maximum atomic E-state index is 11.3. The highest BCUT2D eigenvalue weighted by atomic mass is 16.6. The van der Waals surface area contributed by atoms with E-state index in [2.05, 4.69) is 5.32 Å². The molecule has 1 amide bonds. The van der Waals surface area contributed by atoms with Crippen LogP contribution >= 0.6 is 0 Å². The Hall–Kier alpha value is -2.31. The van der Waals surface area contributed by atoms with E-state index in [1.54, 1.807) is 13.8 Å². The van der Waals surface area contributed by atoms with Crippen molar-refractivity contribution in [2.45, 2.75) is 20.0 Å². The fourth-order valence-electron chi connectivity index (χ4n) is 1.15. The van der Waals surface area contributed by atoms with Gasteiger partial charge in [0.15, 0.2) is 5.69 Å². The van der Waals surface area contributed by atoms with Crippen LogP contribution in [-0.4, -0.2) is 22.2 Å². The summed E-state index contributed by atoms with van der Waals surface area (Å²) in [5, 5.41) is 22.3. The minimum atomic E-state index is -0.857. The zero-order chi connectivity index (χ0) is 13.0. The number of benzene rings is 1. The lowest BCUT2D eigenvalue weighted by Crippen LogP contribution is -2.18. The molecule has 0 bridgehead atoms. The number of para-hydroxylation sites is 1. The third-order valence-electron chi connectivity index (χ3n) is 1.79. The number of phenolic OH excluding ortho intramolecular Hbond substituents is 1. The maximum Gasteiger partial charge on any atom is 0.412 e. The molecule has 0 radical (unpaired) electrons. The van der Waals surface area contributed by atoms with Crippen LogP contribution in [0.5, 0.6) is 5.75 Å². The minimum absolute atomic E-state index is 0.275. The number of rotatable bonds is 3. The van der Waals surface area contributed by atoms with Crippen LogP contribution in [0.3, 0.4) is 0 Å². The molecule has 0 aromatic heterocycles. The van der Waals surface area contributed by atoms with E-state index in [0.717, 1.165) is 0 Å². The molecule has 0 fully saturated rings. The van der Waals surface area contributed by atoms with Crippen molar-refractivity contribution in [2.24, 2.45) is 0 Å². The maximum absolute atomic E-state index is 11.3. The average molecular weight is 240 g/mol. The first kappa shape index (κ1) is 12.8. The van der Waals surface area contributed by atoms with Crippen molar-refractivity contribution in [1.82, 2.24) is 0 Å². The van der Waals surface area contributed by atoms with Crippen molar-refractivity contribution in [3.8, 4) is 5.75 Å². The Morgan fingerprint density at radius 3 is 2.71 bits per heavy atom. The number of hydrogen-bond acceptors (Lipinski definition) is 5. The van der Waals surface area contributed by atoms with Crippen molar-refractivity contribution in [3.05, 3.63) is 28.3 Å². The standard InChI is InChI=1S/C10H12N2O5/c1-6(2)17-10(14)11-9-7(12(15)16)4-3-5-8(9)13/h3-6,13H,1-2H3,(H,11,14). The van der Waals surface area contributed by atoms with Gasteiger partial charge in [-0.3, -0.25) is 15.4 Å². The number of anilines is 1. The van der Waals surface area contributed by atoms with Gasteiger partial charge in [-0.15, -0.1) is 0 Å². The van der Waals surface area contributed by atoms with E-state index >= 15 is 0 Å². The van der Waals surface area contributed by atoms with E-state index in [4.69, 9.17) is 4.74 Å². The largest absolute Gasteiger partial charge is 0.505 e. The van der Waals surface area contributed by atoms with Gasteiger partial charge in [-0.05, 0) is 19.9 Å². The van der Waals surface area contributed by atoms with Crippen LogP contribution in [0.1, 0.15) is 13.8 Å². The van der Waals surface area contributed by atoms with Crippen LogP contribution in [0.25, 0.3) is 0 Å². The van der Waals surface area contributed by atoms with Gasteiger partial charge in [-0.2, -0.15) is 0 Å². The van der Waals surface area contributed by atoms with Crippen LogP contribution in [0.15, 0.2) is 18.2 Å². The van der Waals surface area contributed by atoms with Gasteiger partial charge in [-0.1, -0.05) is 6.07 Å². The Labute approximate surface area is 97.2 Å². The number of phenols is 1. The second kappa shape index (κ2) is 5.15. The summed E-state index contributed by atoms with van der Waals surface area (Å²) >= 11 is 0. The molecule has 0 heterocycles. The Bertz CT molecular complexity index is 444. The predicted octanol–water partition coefficient (Wildman–Crippen LogP) is 2.26. The van der Waals surface area contributed by atoms with Gasteiger partial charge >= 0.3 is 6.09 Å². The molecule has 0 atom stereocenters. The van der Waals surface area contributed by atoms with Gasteiger partial charge in [0.2, 0.25) is 0 Å². The van der Waals surface area contributed by atoms with E-state index in [1.807, 2.05) is 0 Å². The number of aromatic hydroxyl groups is 1. The second-order valence-corrected chi connectivity index (χ2v) is 3.51. The lowest BCUT2D eigenvalue weighted by molar-refractivity contribution is -0.384. The van der Waals surface area contributed by atoms with Gasteiger partial charge in [0.05, 0.1) is 11.0 Å². The van der Waals surface area contributed by atoms with Crippen molar-refractivity contribution in [1.29, 1.82) is 0 Å². The van der Waals surface area contributed by atoms with Crippen LogP contribution in [-0.2, 0) is 4.74 Å². The molecular formula is C10H12N2O5. The van der Waals surface area contributed by atoms with Crippen LogP contribution in [0, 0.1) is 10.1 Å². The number of nitrogens with one attached hydrogen (secondary N) is 1. The highest BCUT2D eigenvalue weighted by Crippen LogP contribution is 2.33. The van der Waals surface area contributed by atoms with Crippen LogP contribution in [0.2, 0.25) is 0 Å². The fraction of sp³-hybridized carbons (Fsp3) is 0.300. The summed E-state index contributed by atoms with van der Waals surface area (Å²) in [6, 6.07) is 3.72. The number of nitro groups is 1. The van der Waals surface area contributed by atoms with Gasteiger partial charge in [-0.25, -0.2) is 4.79 Å². The van der Waals surface area contributed by atoms with E-state index < -0.39 is 16.7 Å². The number of hydrogen-bond donors (Lipinski definition) is 2. The van der Waals surface area contributed by atoms with E-state index in [9.17, 15) is 20.0 Å². The number of ether oxygens (including phenoxy) is 1. The molecule has 0 aliphatic rings. The molecule has 0 aliphatic heterocycles. The summed E-state index contributed by atoms with van der Waals surface area (Å²) in [4.78, 5) is 21.3. The molecule has 0 saturated carbocycles. The Balaban J connectivity index is 2.97. The normalized spacial score (nSPS) is 10.1. The monoisotopic (exact) mass is 240 g/mol. The molecule has 0 unspecified atom stereocenters. The summed E-state index contributed by atoms with van der Waals surface area (Å²) in [6.07, 6.45) is -1.22. The number of amides is 1. The first-order chi connectivity index (χ1) is 7.91. The van der Waals surface area contributed by atoms with Crippen molar-refractivity contribution < 1.29 is 19.6 Å². The molecule has 0 spiro atoms. The summed E-state index contributed by atoms with van der Waals surface area (Å²) in [7, 11) is 0. The molecule has 7 heteroatoms. The quantitative estimate of drug-likeness (QED) is 0.479. The molecular weight excluding hydrogens is 228 g/mol. The molecule has 1 aromatic carbocycles. The highest BCUT2D eigenvalue weighted by molar-refractivity contribution is 5.90. The molecule has 0 aliphatic carbocycles. The van der Waals surface area contributed by atoms with Gasteiger partial charge in [0.1, 0.15) is 5.75 Å². The van der Waals surface area contributed by atoms with Crippen molar-refractivity contribution >= 4 is 17.5 Å². The molecule has 7 nitrogen and oxygen atoms in total. The third kappa shape index (κ3) is 3.33. The second-order valence-electron chi connectivity index (χ2n) is 3.51. The molecule has 1 rings (SSSR count). The lowest BCUT2D eigenvalue weighted by atomic mass is 10.2. The fourth-order valence-corrected chi connectivity index (χ4v) is 1.15. The Morgan fingerprint density at radius 1 is 1.53 bits per heavy atom. The van der Waals surface area contributed by atoms with Crippen molar-refractivity contribution in [2.75, 3.05) is 5.32 Å². The molecule has 2 N–H and O–H groups in total. The highest BCUT2D eigenvalue weighted by Gasteiger charge is 2.20. The van der Waals surface area contributed by atoms with Crippen LogP contribution in [0.4, 0.5) is 16.2 Å². The topological polar surface area (TPSA) is 102 Å². The number of nitro benzene ring substituents is 1. The van der Waals surface area contributed by atoms with Gasteiger partial charge < -0.3 is 9.84 Å². The smallest absolute Gasteiger partial charge is 0.412 e. The van der Waals surface area contributed by atoms with Crippen LogP contribution < -0.4 is 5.32 Å². The van der Waals surface area contributed by atoms with E-state index in [0.29, 0.717) is 0 Å². The molecule has 0 saturated heterocycles.